The number of rotatable bonds is 3. The van der Waals surface area contributed by atoms with E-state index in [-0.39, 0.29) is 29.9 Å². The smallest absolute Gasteiger partial charge is 0.194 e. The van der Waals surface area contributed by atoms with Crippen molar-refractivity contribution in [1.29, 1.82) is 0 Å². The van der Waals surface area contributed by atoms with Crippen LogP contribution in [0.2, 0.25) is 0 Å². The summed E-state index contributed by atoms with van der Waals surface area (Å²) in [5, 5.41) is 3.60. The Hall–Kier alpha value is -0.0900. The van der Waals surface area contributed by atoms with E-state index >= 15 is 0 Å². The van der Waals surface area contributed by atoms with Gasteiger partial charge in [0.2, 0.25) is 0 Å². The normalized spacial score (nSPS) is 41.7. The summed E-state index contributed by atoms with van der Waals surface area (Å²) in [6.07, 6.45) is 6.60. The van der Waals surface area contributed by atoms with E-state index in [1.54, 1.807) is 0 Å². The molecule has 5 aliphatic rings. The summed E-state index contributed by atoms with van der Waals surface area (Å²) in [5.41, 5.74) is 0. The van der Waals surface area contributed by atoms with Crippen LogP contribution in [-0.4, -0.2) is 68.7 Å². The van der Waals surface area contributed by atoms with Crippen LogP contribution in [0, 0.1) is 17.8 Å². The fourth-order valence-electron chi connectivity index (χ4n) is 5.01. The third-order valence-corrected chi connectivity index (χ3v) is 8.33. The molecule has 5 atom stereocenters. The minimum Gasteiger partial charge on any atom is -0.374 e. The summed E-state index contributed by atoms with van der Waals surface area (Å²) < 4.78 is 29.4. The minimum absolute atomic E-state index is 0. The van der Waals surface area contributed by atoms with Gasteiger partial charge < -0.3 is 15.0 Å². The second kappa shape index (κ2) is 6.82. The fraction of sp³-hybridized carbons (Fsp3) is 0.941. The minimum atomic E-state index is -2.81. The number of hydrogen-bond acceptors (Lipinski definition) is 4. The number of nitrogens with one attached hydrogen (secondary N) is 1. The number of halogens is 1. The van der Waals surface area contributed by atoms with Crippen molar-refractivity contribution < 1.29 is 13.2 Å². The third kappa shape index (κ3) is 3.67. The molecule has 1 N–H and O–H groups in total. The van der Waals surface area contributed by atoms with Gasteiger partial charge in [0.1, 0.15) is 0 Å². The summed E-state index contributed by atoms with van der Waals surface area (Å²) in [7, 11) is -2.81. The number of nitrogens with zero attached hydrogens (tertiary/aromatic N) is 2. The van der Waals surface area contributed by atoms with Crippen LogP contribution in [0.15, 0.2) is 4.99 Å². The van der Waals surface area contributed by atoms with Crippen molar-refractivity contribution in [3.8, 4) is 0 Å². The first-order chi connectivity index (χ1) is 11.6. The van der Waals surface area contributed by atoms with Crippen LogP contribution < -0.4 is 5.32 Å². The highest BCUT2D eigenvalue weighted by Crippen LogP contribution is 2.47. The van der Waals surface area contributed by atoms with E-state index in [2.05, 4.69) is 10.2 Å². The molecule has 5 unspecified atom stereocenters. The maximum absolute atomic E-state index is 11.7. The molecule has 5 rings (SSSR count). The van der Waals surface area contributed by atoms with Crippen molar-refractivity contribution in [2.45, 2.75) is 50.4 Å². The predicted molar refractivity (Wildman–Crippen MR) is 107 cm³/mol. The molecule has 6 nitrogen and oxygen atoms in total. The Morgan fingerprint density at radius 2 is 1.76 bits per heavy atom. The SMILES string of the molecule is I.O=S1(=O)CCC(CN=C(NC2CC2)N2CC3C4CCC(O4)C3C2)C1. The van der Waals surface area contributed by atoms with Gasteiger partial charge >= 0.3 is 0 Å². The molecule has 0 spiro atoms. The summed E-state index contributed by atoms with van der Waals surface area (Å²) in [4.78, 5) is 7.28. The van der Waals surface area contributed by atoms with Gasteiger partial charge in [-0.05, 0) is 38.0 Å². The zero-order valence-corrected chi connectivity index (χ0v) is 17.6. The first-order valence-corrected chi connectivity index (χ1v) is 11.3. The predicted octanol–water partition coefficient (Wildman–Crippen LogP) is 1.26. The molecule has 5 fully saturated rings. The van der Waals surface area contributed by atoms with Gasteiger partial charge in [-0.1, -0.05) is 0 Å². The summed E-state index contributed by atoms with van der Waals surface area (Å²) in [5.74, 6) is 3.22. The molecule has 0 amide bonds. The van der Waals surface area contributed by atoms with Gasteiger partial charge in [0, 0.05) is 37.5 Å². The largest absolute Gasteiger partial charge is 0.374 e. The number of likely N-dealkylation sites (tertiary alicyclic amines) is 1. The second-order valence-electron chi connectivity index (χ2n) is 8.37. The van der Waals surface area contributed by atoms with E-state index in [4.69, 9.17) is 9.73 Å². The molecular formula is C17H28IN3O3S. The Balaban J connectivity index is 0.00000157. The highest BCUT2D eigenvalue weighted by atomic mass is 127. The van der Waals surface area contributed by atoms with Crippen LogP contribution in [0.3, 0.4) is 0 Å². The van der Waals surface area contributed by atoms with Crippen LogP contribution in [0.1, 0.15) is 32.1 Å². The molecule has 8 heteroatoms. The average Bonchev–Trinajstić information content (AvgIpc) is 2.95. The van der Waals surface area contributed by atoms with Crippen molar-refractivity contribution >= 4 is 39.8 Å². The number of aliphatic imine (C=N–C) groups is 1. The lowest BCUT2D eigenvalue weighted by molar-refractivity contribution is 0.0767. The summed E-state index contributed by atoms with van der Waals surface area (Å²) in [6.45, 7) is 2.74. The van der Waals surface area contributed by atoms with E-state index in [1.165, 1.54) is 25.7 Å². The molecule has 0 aromatic heterocycles. The van der Waals surface area contributed by atoms with E-state index in [1.807, 2.05) is 0 Å². The Labute approximate surface area is 167 Å². The molecule has 2 bridgehead atoms. The van der Waals surface area contributed by atoms with Crippen LogP contribution in [0.5, 0.6) is 0 Å². The number of ether oxygens (including phenoxy) is 1. The topological polar surface area (TPSA) is 71.0 Å². The molecule has 4 aliphatic heterocycles. The fourth-order valence-corrected chi connectivity index (χ4v) is 6.86. The van der Waals surface area contributed by atoms with E-state index in [9.17, 15) is 8.42 Å². The van der Waals surface area contributed by atoms with Gasteiger partial charge in [0.25, 0.3) is 0 Å². The molecule has 0 aromatic rings. The highest BCUT2D eigenvalue weighted by Gasteiger charge is 2.53. The molecule has 142 valence electrons. The highest BCUT2D eigenvalue weighted by molar-refractivity contribution is 14.0. The molecule has 25 heavy (non-hydrogen) atoms. The van der Waals surface area contributed by atoms with Crippen LogP contribution >= 0.6 is 24.0 Å². The lowest BCUT2D eigenvalue weighted by Gasteiger charge is -2.24. The molecule has 1 saturated carbocycles. The first-order valence-electron chi connectivity index (χ1n) is 9.49. The van der Waals surface area contributed by atoms with Gasteiger partial charge in [-0.15, -0.1) is 24.0 Å². The van der Waals surface area contributed by atoms with Gasteiger partial charge in [0.15, 0.2) is 15.8 Å². The molecule has 0 radical (unpaired) electrons. The Morgan fingerprint density at radius 1 is 1.08 bits per heavy atom. The first kappa shape index (κ1) is 18.3. The quantitative estimate of drug-likeness (QED) is 0.374. The van der Waals surface area contributed by atoms with Crippen molar-refractivity contribution in [3.63, 3.8) is 0 Å². The summed E-state index contributed by atoms with van der Waals surface area (Å²) in [6, 6.07) is 0.574. The summed E-state index contributed by atoms with van der Waals surface area (Å²) >= 11 is 0. The molecule has 4 saturated heterocycles. The van der Waals surface area contributed by atoms with E-state index in [0.717, 1.165) is 25.5 Å². The third-order valence-electron chi connectivity index (χ3n) is 6.49. The van der Waals surface area contributed by atoms with Gasteiger partial charge in [-0.2, -0.15) is 0 Å². The molecular weight excluding hydrogens is 453 g/mol. The van der Waals surface area contributed by atoms with Crippen molar-refractivity contribution in [1.82, 2.24) is 10.2 Å². The molecule has 4 heterocycles. The van der Waals surface area contributed by atoms with Crippen molar-refractivity contribution in [2.75, 3.05) is 31.1 Å². The maximum Gasteiger partial charge on any atom is 0.194 e. The van der Waals surface area contributed by atoms with Crippen LogP contribution in [0.25, 0.3) is 0 Å². The standard InChI is InChI=1S/C17H27N3O3S.HI/c21-24(22)6-5-11(10-24)7-18-17(19-12-1-2-12)20-8-13-14(9-20)16-4-3-15(13)23-16;/h11-16H,1-10H2,(H,18,19);1H. The number of sulfone groups is 1. The number of hydrogen-bond donors (Lipinski definition) is 1. The Morgan fingerprint density at radius 3 is 2.32 bits per heavy atom. The zero-order chi connectivity index (χ0) is 16.3. The van der Waals surface area contributed by atoms with Crippen molar-refractivity contribution in [3.05, 3.63) is 0 Å². The number of guanidine groups is 1. The van der Waals surface area contributed by atoms with Crippen molar-refractivity contribution in [2.24, 2.45) is 22.7 Å². The molecule has 0 aromatic carbocycles. The van der Waals surface area contributed by atoms with Crippen LogP contribution in [0.4, 0.5) is 0 Å². The number of fused-ring (bicyclic) bond motifs is 5. The lowest BCUT2D eigenvalue weighted by Crippen LogP contribution is -2.42. The monoisotopic (exact) mass is 481 g/mol. The Bertz CT molecular complexity index is 634. The van der Waals surface area contributed by atoms with E-state index < -0.39 is 9.84 Å². The Kier molecular flexibility index (Phi) is 4.98. The van der Waals surface area contributed by atoms with Crippen LogP contribution in [-0.2, 0) is 14.6 Å². The van der Waals surface area contributed by atoms with E-state index in [0.29, 0.717) is 48.1 Å². The average molecular weight is 481 g/mol. The zero-order valence-electron chi connectivity index (χ0n) is 14.5. The van der Waals surface area contributed by atoms with Gasteiger partial charge in [0.05, 0.1) is 23.7 Å². The maximum atomic E-state index is 11.7. The van der Waals surface area contributed by atoms with Gasteiger partial charge in [-0.3, -0.25) is 4.99 Å². The molecule has 1 aliphatic carbocycles. The lowest BCUT2D eigenvalue weighted by atomic mass is 9.82. The van der Waals surface area contributed by atoms with Gasteiger partial charge in [-0.25, -0.2) is 8.42 Å². The second-order valence-corrected chi connectivity index (χ2v) is 10.6.